The van der Waals surface area contributed by atoms with Gasteiger partial charge in [0.2, 0.25) is 0 Å². The van der Waals surface area contributed by atoms with Crippen LogP contribution in [-0.4, -0.2) is 5.11 Å². The highest BCUT2D eigenvalue weighted by Gasteiger charge is 2.03. The highest BCUT2D eigenvalue weighted by molar-refractivity contribution is 9.10. The molecule has 0 atom stereocenters. The van der Waals surface area contributed by atoms with Crippen LogP contribution in [0.1, 0.15) is 16.7 Å². The second-order valence-corrected chi connectivity index (χ2v) is 5.05. The van der Waals surface area contributed by atoms with Gasteiger partial charge in [-0.15, -0.1) is 0 Å². The normalized spacial score (nSPS) is 10.4. The van der Waals surface area contributed by atoms with Gasteiger partial charge in [-0.3, -0.25) is 0 Å². The summed E-state index contributed by atoms with van der Waals surface area (Å²) in [7, 11) is 0. The SMILES string of the molecule is Cc1cccc(COc2ccc(CO)cc2Br)c1. The Morgan fingerprint density at radius 1 is 1.11 bits per heavy atom. The second-order valence-electron chi connectivity index (χ2n) is 4.20. The molecule has 2 aromatic carbocycles. The van der Waals surface area contributed by atoms with E-state index in [1.54, 1.807) is 0 Å². The van der Waals surface area contributed by atoms with Crippen LogP contribution < -0.4 is 4.74 Å². The smallest absolute Gasteiger partial charge is 0.134 e. The van der Waals surface area contributed by atoms with E-state index >= 15 is 0 Å². The zero-order chi connectivity index (χ0) is 13.0. The van der Waals surface area contributed by atoms with E-state index in [-0.39, 0.29) is 6.61 Å². The van der Waals surface area contributed by atoms with Gasteiger partial charge >= 0.3 is 0 Å². The molecule has 0 fully saturated rings. The van der Waals surface area contributed by atoms with Gasteiger partial charge in [0, 0.05) is 0 Å². The molecule has 18 heavy (non-hydrogen) atoms. The van der Waals surface area contributed by atoms with Crippen LogP contribution >= 0.6 is 15.9 Å². The van der Waals surface area contributed by atoms with Crippen molar-refractivity contribution in [1.82, 2.24) is 0 Å². The van der Waals surface area contributed by atoms with E-state index in [1.165, 1.54) is 5.56 Å². The molecule has 0 heterocycles. The third kappa shape index (κ3) is 3.34. The molecule has 0 aromatic heterocycles. The molecule has 1 N–H and O–H groups in total. The third-order valence-electron chi connectivity index (χ3n) is 2.66. The quantitative estimate of drug-likeness (QED) is 0.930. The number of halogens is 1. The summed E-state index contributed by atoms with van der Waals surface area (Å²) in [5.74, 6) is 0.786. The topological polar surface area (TPSA) is 29.5 Å². The first kappa shape index (κ1) is 13.1. The molecule has 2 nitrogen and oxygen atoms in total. The van der Waals surface area contributed by atoms with Crippen LogP contribution in [0.2, 0.25) is 0 Å². The lowest BCUT2D eigenvalue weighted by molar-refractivity contribution is 0.280. The van der Waals surface area contributed by atoms with Crippen LogP contribution in [0.3, 0.4) is 0 Å². The number of benzene rings is 2. The minimum atomic E-state index is 0.0385. The van der Waals surface area contributed by atoms with E-state index in [1.807, 2.05) is 30.3 Å². The number of hydrogen-bond acceptors (Lipinski definition) is 2. The molecule has 94 valence electrons. The first-order valence-corrected chi connectivity index (χ1v) is 6.56. The van der Waals surface area contributed by atoms with Crippen LogP contribution in [0.4, 0.5) is 0 Å². The maximum absolute atomic E-state index is 9.03. The van der Waals surface area contributed by atoms with Crippen LogP contribution in [0.15, 0.2) is 46.9 Å². The van der Waals surface area contributed by atoms with Crippen molar-refractivity contribution in [1.29, 1.82) is 0 Å². The standard InChI is InChI=1S/C15H15BrO2/c1-11-3-2-4-13(7-11)10-18-15-6-5-12(9-17)8-14(15)16/h2-8,17H,9-10H2,1H3. The van der Waals surface area contributed by atoms with Gasteiger partial charge in [-0.25, -0.2) is 0 Å². The summed E-state index contributed by atoms with van der Waals surface area (Å²) >= 11 is 3.44. The van der Waals surface area contributed by atoms with E-state index in [0.717, 1.165) is 21.3 Å². The molecule has 3 heteroatoms. The molecule has 0 amide bonds. The van der Waals surface area contributed by atoms with Crippen LogP contribution in [-0.2, 0) is 13.2 Å². The molecule has 0 saturated heterocycles. The molecule has 0 unspecified atom stereocenters. The molecule has 0 aliphatic heterocycles. The average Bonchev–Trinajstić information content (AvgIpc) is 2.37. The molecular weight excluding hydrogens is 292 g/mol. The zero-order valence-electron chi connectivity index (χ0n) is 10.2. The Morgan fingerprint density at radius 3 is 2.61 bits per heavy atom. The molecule has 2 rings (SSSR count). The van der Waals surface area contributed by atoms with Gasteiger partial charge in [-0.1, -0.05) is 35.9 Å². The predicted octanol–water partition coefficient (Wildman–Crippen LogP) is 3.83. The second kappa shape index (κ2) is 6.03. The molecule has 0 saturated carbocycles. The number of aryl methyl sites for hydroxylation is 1. The van der Waals surface area contributed by atoms with Crippen LogP contribution in [0.25, 0.3) is 0 Å². The van der Waals surface area contributed by atoms with Crippen molar-refractivity contribution in [2.45, 2.75) is 20.1 Å². The molecule has 2 aromatic rings. The minimum Gasteiger partial charge on any atom is -0.488 e. The fraction of sp³-hybridized carbons (Fsp3) is 0.200. The number of aliphatic hydroxyl groups is 1. The van der Waals surface area contributed by atoms with Crippen LogP contribution in [0.5, 0.6) is 5.75 Å². The summed E-state index contributed by atoms with van der Waals surface area (Å²) in [6.45, 7) is 2.64. The van der Waals surface area contributed by atoms with Crippen molar-refractivity contribution in [3.8, 4) is 5.75 Å². The van der Waals surface area contributed by atoms with E-state index in [9.17, 15) is 0 Å². The summed E-state index contributed by atoms with van der Waals surface area (Å²) in [6, 6.07) is 13.8. The minimum absolute atomic E-state index is 0.0385. The van der Waals surface area contributed by atoms with Crippen molar-refractivity contribution in [3.63, 3.8) is 0 Å². The molecule has 0 radical (unpaired) electrons. The van der Waals surface area contributed by atoms with Crippen molar-refractivity contribution < 1.29 is 9.84 Å². The van der Waals surface area contributed by atoms with Crippen molar-refractivity contribution in [2.24, 2.45) is 0 Å². The van der Waals surface area contributed by atoms with E-state index in [0.29, 0.717) is 6.61 Å². The highest BCUT2D eigenvalue weighted by Crippen LogP contribution is 2.26. The first-order chi connectivity index (χ1) is 8.69. The Labute approximate surface area is 115 Å². The number of rotatable bonds is 4. The lowest BCUT2D eigenvalue weighted by Crippen LogP contribution is -1.97. The Hall–Kier alpha value is -1.32. The van der Waals surface area contributed by atoms with Gasteiger partial charge in [-0.2, -0.15) is 0 Å². The maximum Gasteiger partial charge on any atom is 0.134 e. The van der Waals surface area contributed by atoms with E-state index < -0.39 is 0 Å². The summed E-state index contributed by atoms with van der Waals surface area (Å²) in [5.41, 5.74) is 3.24. The van der Waals surface area contributed by atoms with Gasteiger partial charge in [0.25, 0.3) is 0 Å². The monoisotopic (exact) mass is 306 g/mol. The molecule has 0 spiro atoms. The fourth-order valence-corrected chi connectivity index (χ4v) is 2.26. The summed E-state index contributed by atoms with van der Waals surface area (Å²) in [5, 5.41) is 9.03. The molecule has 0 aliphatic carbocycles. The van der Waals surface area contributed by atoms with Gasteiger partial charge in [0.05, 0.1) is 11.1 Å². The number of hydrogen-bond donors (Lipinski definition) is 1. The first-order valence-electron chi connectivity index (χ1n) is 5.76. The highest BCUT2D eigenvalue weighted by atomic mass is 79.9. The molecule has 0 bridgehead atoms. The zero-order valence-corrected chi connectivity index (χ0v) is 11.8. The Morgan fingerprint density at radius 2 is 1.94 bits per heavy atom. The Bertz CT molecular complexity index is 538. The Balaban J connectivity index is 2.06. The summed E-state index contributed by atoms with van der Waals surface area (Å²) in [4.78, 5) is 0. The van der Waals surface area contributed by atoms with Crippen molar-refractivity contribution in [2.75, 3.05) is 0 Å². The van der Waals surface area contributed by atoms with Gasteiger partial charge in [0.15, 0.2) is 0 Å². The van der Waals surface area contributed by atoms with Gasteiger partial charge < -0.3 is 9.84 Å². The lowest BCUT2D eigenvalue weighted by Gasteiger charge is -2.09. The van der Waals surface area contributed by atoms with Crippen LogP contribution in [0, 0.1) is 6.92 Å². The molecule has 0 aliphatic rings. The summed E-state index contributed by atoms with van der Waals surface area (Å²) in [6.07, 6.45) is 0. The van der Waals surface area contributed by atoms with Gasteiger partial charge in [0.1, 0.15) is 12.4 Å². The maximum atomic E-state index is 9.03. The lowest BCUT2D eigenvalue weighted by atomic mass is 10.1. The van der Waals surface area contributed by atoms with Crippen molar-refractivity contribution >= 4 is 15.9 Å². The summed E-state index contributed by atoms with van der Waals surface area (Å²) < 4.78 is 6.61. The van der Waals surface area contributed by atoms with E-state index in [2.05, 4.69) is 35.0 Å². The average molecular weight is 307 g/mol. The number of ether oxygens (including phenoxy) is 1. The van der Waals surface area contributed by atoms with Gasteiger partial charge in [-0.05, 0) is 46.1 Å². The number of aliphatic hydroxyl groups excluding tert-OH is 1. The van der Waals surface area contributed by atoms with E-state index in [4.69, 9.17) is 9.84 Å². The predicted molar refractivity (Wildman–Crippen MR) is 75.6 cm³/mol. The molecular formula is C15H15BrO2. The fourth-order valence-electron chi connectivity index (χ4n) is 1.72. The largest absolute Gasteiger partial charge is 0.488 e. The third-order valence-corrected chi connectivity index (χ3v) is 3.28. The van der Waals surface area contributed by atoms with Crippen molar-refractivity contribution in [3.05, 3.63) is 63.6 Å². The Kier molecular flexibility index (Phi) is 4.39.